The van der Waals surface area contributed by atoms with Crippen LogP contribution in [0.15, 0.2) is 42.5 Å². The van der Waals surface area contributed by atoms with E-state index in [0.29, 0.717) is 5.56 Å². The maximum Gasteiger partial charge on any atom is 0.416 e. The molecule has 2 aromatic rings. The number of rotatable bonds is 1. The third-order valence-electron chi connectivity index (χ3n) is 2.93. The lowest BCUT2D eigenvalue weighted by atomic mass is 9.98. The fourth-order valence-electron chi connectivity index (χ4n) is 1.99. The molecule has 0 saturated carbocycles. The van der Waals surface area contributed by atoms with Gasteiger partial charge >= 0.3 is 12.4 Å². The van der Waals surface area contributed by atoms with E-state index in [1.54, 1.807) is 0 Å². The third kappa shape index (κ3) is 3.56. The van der Waals surface area contributed by atoms with Gasteiger partial charge in [-0.3, -0.25) is 0 Å². The molecular weight excluding hydrogens is 294 g/mol. The maximum absolute atomic E-state index is 12.8. The molecule has 0 nitrogen and oxygen atoms in total. The zero-order valence-electron chi connectivity index (χ0n) is 10.8. The van der Waals surface area contributed by atoms with Crippen molar-refractivity contribution in [1.82, 2.24) is 0 Å². The van der Waals surface area contributed by atoms with Crippen molar-refractivity contribution in [3.63, 3.8) is 0 Å². The van der Waals surface area contributed by atoms with Crippen molar-refractivity contribution in [2.45, 2.75) is 19.3 Å². The van der Waals surface area contributed by atoms with Crippen LogP contribution in [0.2, 0.25) is 0 Å². The van der Waals surface area contributed by atoms with Crippen LogP contribution < -0.4 is 0 Å². The van der Waals surface area contributed by atoms with Crippen molar-refractivity contribution in [2.24, 2.45) is 0 Å². The number of halogens is 6. The first kappa shape index (κ1) is 15.4. The Hall–Kier alpha value is -1.98. The normalized spacial score (nSPS) is 12.5. The van der Waals surface area contributed by atoms with E-state index < -0.39 is 23.5 Å². The highest BCUT2D eigenvalue weighted by molar-refractivity contribution is 5.66. The summed E-state index contributed by atoms with van der Waals surface area (Å²) in [7, 11) is 0. The molecule has 2 rings (SSSR count). The Morgan fingerprint density at radius 3 is 1.81 bits per heavy atom. The lowest BCUT2D eigenvalue weighted by molar-refractivity contribution is -0.138. The topological polar surface area (TPSA) is 0 Å². The van der Waals surface area contributed by atoms with E-state index in [9.17, 15) is 26.3 Å². The molecule has 0 saturated heterocycles. The fourth-order valence-corrected chi connectivity index (χ4v) is 1.99. The largest absolute Gasteiger partial charge is 0.416 e. The van der Waals surface area contributed by atoms with Gasteiger partial charge in [-0.15, -0.1) is 0 Å². The molecule has 0 aromatic heterocycles. The first-order valence-electron chi connectivity index (χ1n) is 5.94. The van der Waals surface area contributed by atoms with Gasteiger partial charge in [-0.25, -0.2) is 0 Å². The highest BCUT2D eigenvalue weighted by atomic mass is 19.4. The molecule has 2 aromatic carbocycles. The van der Waals surface area contributed by atoms with Crippen LogP contribution >= 0.6 is 0 Å². The van der Waals surface area contributed by atoms with Gasteiger partial charge in [0.1, 0.15) is 0 Å². The lowest BCUT2D eigenvalue weighted by Gasteiger charge is -2.12. The van der Waals surface area contributed by atoms with Crippen molar-refractivity contribution in [3.05, 3.63) is 59.2 Å². The van der Waals surface area contributed by atoms with E-state index in [0.717, 1.165) is 24.3 Å². The summed E-state index contributed by atoms with van der Waals surface area (Å²) in [4.78, 5) is 0. The third-order valence-corrected chi connectivity index (χ3v) is 2.93. The van der Waals surface area contributed by atoms with E-state index in [-0.39, 0.29) is 11.1 Å². The molecule has 0 heterocycles. The van der Waals surface area contributed by atoms with Crippen LogP contribution in [0.25, 0.3) is 11.1 Å². The quantitative estimate of drug-likeness (QED) is 0.593. The number of aryl methyl sites for hydroxylation is 1. The van der Waals surface area contributed by atoms with Gasteiger partial charge in [-0.05, 0) is 47.9 Å². The van der Waals surface area contributed by atoms with Crippen LogP contribution in [0.1, 0.15) is 16.7 Å². The molecule has 0 N–H and O–H groups in total. The molecule has 0 radical (unpaired) electrons. The second-order valence-electron chi connectivity index (χ2n) is 4.66. The van der Waals surface area contributed by atoms with Crippen LogP contribution in [0.4, 0.5) is 26.3 Å². The summed E-state index contributed by atoms with van der Waals surface area (Å²) < 4.78 is 76.2. The van der Waals surface area contributed by atoms with E-state index in [2.05, 4.69) is 0 Å². The highest BCUT2D eigenvalue weighted by Crippen LogP contribution is 2.35. The van der Waals surface area contributed by atoms with E-state index in [1.165, 1.54) is 25.1 Å². The second-order valence-corrected chi connectivity index (χ2v) is 4.66. The van der Waals surface area contributed by atoms with Gasteiger partial charge in [0.05, 0.1) is 11.1 Å². The molecule has 21 heavy (non-hydrogen) atoms. The van der Waals surface area contributed by atoms with Gasteiger partial charge in [0.25, 0.3) is 0 Å². The summed E-state index contributed by atoms with van der Waals surface area (Å²) in [5, 5.41) is 0. The van der Waals surface area contributed by atoms with Gasteiger partial charge < -0.3 is 0 Å². The molecule has 0 unspecified atom stereocenters. The molecule has 0 bridgehead atoms. The number of hydrogen-bond acceptors (Lipinski definition) is 0. The van der Waals surface area contributed by atoms with Gasteiger partial charge in [-0.1, -0.05) is 18.2 Å². The molecule has 0 aliphatic heterocycles. The number of alkyl halides is 6. The fraction of sp³-hybridized carbons (Fsp3) is 0.200. The van der Waals surface area contributed by atoms with Gasteiger partial charge in [0, 0.05) is 0 Å². The number of benzene rings is 2. The maximum atomic E-state index is 12.8. The predicted octanol–water partition coefficient (Wildman–Crippen LogP) is 5.70. The Bertz CT molecular complexity index is 652. The zero-order chi connectivity index (χ0) is 15.8. The van der Waals surface area contributed by atoms with Crippen LogP contribution in [-0.4, -0.2) is 0 Å². The van der Waals surface area contributed by atoms with Crippen LogP contribution in [0.5, 0.6) is 0 Å². The number of hydrogen-bond donors (Lipinski definition) is 0. The SMILES string of the molecule is Cc1cc(-c2cccc(C(F)(F)F)c2)cc(C(F)(F)F)c1. The monoisotopic (exact) mass is 304 g/mol. The van der Waals surface area contributed by atoms with Crippen molar-refractivity contribution < 1.29 is 26.3 Å². The predicted molar refractivity (Wildman–Crippen MR) is 66.6 cm³/mol. The van der Waals surface area contributed by atoms with Gasteiger partial charge in [0.2, 0.25) is 0 Å². The first-order valence-corrected chi connectivity index (χ1v) is 5.94. The van der Waals surface area contributed by atoms with E-state index in [1.807, 2.05) is 0 Å². The lowest BCUT2D eigenvalue weighted by Crippen LogP contribution is -2.06. The van der Waals surface area contributed by atoms with Crippen molar-refractivity contribution in [3.8, 4) is 11.1 Å². The molecule has 0 atom stereocenters. The molecular formula is C15H10F6. The van der Waals surface area contributed by atoms with Gasteiger partial charge in [0.15, 0.2) is 0 Å². The average molecular weight is 304 g/mol. The Morgan fingerprint density at radius 2 is 1.24 bits per heavy atom. The molecule has 0 spiro atoms. The summed E-state index contributed by atoms with van der Waals surface area (Å²) in [6, 6.07) is 7.47. The van der Waals surface area contributed by atoms with Crippen molar-refractivity contribution in [1.29, 1.82) is 0 Å². The van der Waals surface area contributed by atoms with Crippen molar-refractivity contribution in [2.75, 3.05) is 0 Å². The molecule has 0 amide bonds. The standard InChI is InChI=1S/C15H10F6/c1-9-5-11(8-13(6-9)15(19,20)21)10-3-2-4-12(7-10)14(16,17)18/h2-8H,1H3. The first-order chi connectivity index (χ1) is 9.57. The van der Waals surface area contributed by atoms with E-state index >= 15 is 0 Å². The Morgan fingerprint density at radius 1 is 0.667 bits per heavy atom. The highest BCUT2D eigenvalue weighted by Gasteiger charge is 2.32. The average Bonchev–Trinajstić information content (AvgIpc) is 2.36. The summed E-state index contributed by atoms with van der Waals surface area (Å²) in [5.41, 5.74) is -1.24. The minimum Gasteiger partial charge on any atom is -0.166 e. The Kier molecular flexibility index (Phi) is 3.74. The summed E-state index contributed by atoms with van der Waals surface area (Å²) in [6.07, 6.45) is -9.07. The minimum atomic E-state index is -4.54. The van der Waals surface area contributed by atoms with Crippen LogP contribution in [0, 0.1) is 6.92 Å². The van der Waals surface area contributed by atoms with Gasteiger partial charge in [-0.2, -0.15) is 26.3 Å². The van der Waals surface area contributed by atoms with Crippen LogP contribution in [-0.2, 0) is 12.4 Å². The molecule has 0 fully saturated rings. The molecule has 112 valence electrons. The second kappa shape index (κ2) is 5.09. The summed E-state index contributed by atoms with van der Waals surface area (Å²) in [5.74, 6) is 0. The molecule has 6 heteroatoms. The van der Waals surface area contributed by atoms with Crippen molar-refractivity contribution >= 4 is 0 Å². The van der Waals surface area contributed by atoms with Crippen LogP contribution in [0.3, 0.4) is 0 Å². The van der Waals surface area contributed by atoms with E-state index in [4.69, 9.17) is 0 Å². The summed E-state index contributed by atoms with van der Waals surface area (Å²) >= 11 is 0. The Balaban J connectivity index is 2.55. The molecule has 0 aliphatic rings. The summed E-state index contributed by atoms with van der Waals surface area (Å²) in [6.45, 7) is 1.46. The molecule has 0 aliphatic carbocycles. The minimum absolute atomic E-state index is 0.0963. The smallest absolute Gasteiger partial charge is 0.166 e. The Labute approximate surface area is 117 Å². The zero-order valence-corrected chi connectivity index (χ0v) is 10.8.